The quantitative estimate of drug-likeness (QED) is 0.169. The van der Waals surface area contributed by atoms with Crippen LogP contribution in [0.2, 0.25) is 0 Å². The van der Waals surface area contributed by atoms with Gasteiger partial charge in [-0.3, -0.25) is 19.9 Å². The lowest BCUT2D eigenvalue weighted by Gasteiger charge is -2.05. The molecule has 0 unspecified atom stereocenters. The van der Waals surface area contributed by atoms with Gasteiger partial charge in [0.25, 0.3) is 0 Å². The molecular weight excluding hydrogens is 569 g/mol. The summed E-state index contributed by atoms with van der Waals surface area (Å²) < 4.78 is 0. The SMILES string of the molecule is C#Cc1ccc(-c2ccc(C#Cc3sc(C#Cc4ccc(-c5ccc(C#C)cn5)nc4)c(CCCC)c3CCCC)cn2)nc1. The first-order valence-electron chi connectivity index (χ1n) is 15.1. The maximum Gasteiger partial charge on any atom is 0.0887 e. The van der Waals surface area contributed by atoms with Crippen molar-refractivity contribution in [1.29, 1.82) is 0 Å². The number of pyridine rings is 4. The van der Waals surface area contributed by atoms with E-state index < -0.39 is 0 Å². The smallest absolute Gasteiger partial charge is 0.0887 e. The van der Waals surface area contributed by atoms with Crippen LogP contribution >= 0.6 is 11.3 Å². The van der Waals surface area contributed by atoms with Crippen molar-refractivity contribution in [1.82, 2.24) is 19.9 Å². The number of hydrogen-bond acceptors (Lipinski definition) is 5. The Hall–Kier alpha value is -5.46. The van der Waals surface area contributed by atoms with Gasteiger partial charge in [0.2, 0.25) is 0 Å². The number of aromatic nitrogens is 4. The van der Waals surface area contributed by atoms with E-state index in [0.29, 0.717) is 0 Å². The van der Waals surface area contributed by atoms with Crippen LogP contribution in [-0.4, -0.2) is 19.9 Å². The van der Waals surface area contributed by atoms with Crippen molar-refractivity contribution in [2.45, 2.75) is 52.4 Å². The Labute approximate surface area is 270 Å². The molecule has 0 spiro atoms. The monoisotopic (exact) mass is 600 g/mol. The Kier molecular flexibility index (Phi) is 10.5. The van der Waals surface area contributed by atoms with Crippen LogP contribution in [0.1, 0.15) is 82.7 Å². The summed E-state index contributed by atoms with van der Waals surface area (Å²) in [6.07, 6.45) is 24.3. The first-order valence-corrected chi connectivity index (χ1v) is 15.9. The fourth-order valence-corrected chi connectivity index (χ4v) is 5.80. The van der Waals surface area contributed by atoms with Crippen LogP contribution in [0.15, 0.2) is 73.3 Å². The molecule has 0 N–H and O–H groups in total. The van der Waals surface area contributed by atoms with Gasteiger partial charge in [-0.25, -0.2) is 0 Å². The largest absolute Gasteiger partial charge is 0.253 e. The van der Waals surface area contributed by atoms with Crippen molar-refractivity contribution < 1.29 is 0 Å². The Morgan fingerprint density at radius 3 is 1.16 bits per heavy atom. The molecular formula is C40H32N4S. The fourth-order valence-electron chi connectivity index (χ4n) is 4.70. The molecule has 0 bridgehead atoms. The normalized spacial score (nSPS) is 10.1. The number of hydrogen-bond donors (Lipinski definition) is 0. The molecule has 0 amide bonds. The fraction of sp³-hybridized carbons (Fsp3) is 0.200. The molecule has 5 aromatic heterocycles. The molecule has 0 saturated heterocycles. The predicted octanol–water partition coefficient (Wildman–Crippen LogP) is 8.11. The highest BCUT2D eigenvalue weighted by Crippen LogP contribution is 2.31. The van der Waals surface area contributed by atoms with Crippen LogP contribution in [-0.2, 0) is 12.8 Å². The van der Waals surface area contributed by atoms with Gasteiger partial charge >= 0.3 is 0 Å². The number of thiophene rings is 1. The highest BCUT2D eigenvalue weighted by atomic mass is 32.1. The Balaban J connectivity index is 1.42. The Bertz CT molecular complexity index is 1820. The minimum absolute atomic E-state index is 0.744. The van der Waals surface area contributed by atoms with E-state index in [-0.39, 0.29) is 0 Å². The summed E-state index contributed by atoms with van der Waals surface area (Å²) in [6, 6.07) is 15.4. The summed E-state index contributed by atoms with van der Waals surface area (Å²) in [5.41, 5.74) is 8.98. The standard InChI is InChI=1S/C40H32N4S/c1-5-9-11-33-34(12-10-6-2)40(24-18-32-16-22-38(44-28-32)36-20-14-30(8-4)26-42-36)45-39(33)23-17-31-15-21-37(43-27-31)35-19-13-29(7-3)25-41-35/h3-4,13-16,19-22,25-28H,5-6,9-12H2,1-2H3. The lowest BCUT2D eigenvalue weighted by Crippen LogP contribution is -1.95. The molecule has 5 heteroatoms. The molecule has 5 aromatic rings. The maximum absolute atomic E-state index is 5.45. The van der Waals surface area contributed by atoms with Gasteiger partial charge < -0.3 is 0 Å². The van der Waals surface area contributed by atoms with Gasteiger partial charge in [-0.15, -0.1) is 24.2 Å². The third-order valence-electron chi connectivity index (χ3n) is 7.23. The first-order chi connectivity index (χ1) is 22.1. The minimum Gasteiger partial charge on any atom is -0.253 e. The average Bonchev–Trinajstić information content (AvgIpc) is 3.44. The zero-order valence-corrected chi connectivity index (χ0v) is 26.3. The highest BCUT2D eigenvalue weighted by Gasteiger charge is 2.16. The third kappa shape index (κ3) is 7.93. The van der Waals surface area contributed by atoms with Crippen molar-refractivity contribution in [3.63, 3.8) is 0 Å². The molecule has 0 aliphatic carbocycles. The van der Waals surface area contributed by atoms with Crippen molar-refractivity contribution in [2.24, 2.45) is 0 Å². The Morgan fingerprint density at radius 2 is 0.867 bits per heavy atom. The minimum atomic E-state index is 0.744. The number of unbranched alkanes of at least 4 members (excludes halogenated alkanes) is 2. The van der Waals surface area contributed by atoms with Crippen LogP contribution < -0.4 is 0 Å². The molecule has 0 atom stereocenters. The zero-order chi connectivity index (χ0) is 31.4. The molecule has 0 saturated carbocycles. The van der Waals surface area contributed by atoms with Gasteiger partial charge in [-0.05, 0) is 85.3 Å². The van der Waals surface area contributed by atoms with E-state index in [9.17, 15) is 0 Å². The third-order valence-corrected chi connectivity index (χ3v) is 8.34. The van der Waals surface area contributed by atoms with Crippen LogP contribution in [0, 0.1) is 48.4 Å². The molecule has 0 aliphatic rings. The number of rotatable bonds is 8. The number of terminal acetylenes is 2. The van der Waals surface area contributed by atoms with E-state index in [1.165, 1.54) is 11.1 Å². The van der Waals surface area contributed by atoms with Gasteiger partial charge in [-0.2, -0.15) is 0 Å². The summed E-state index contributed by atoms with van der Waals surface area (Å²) in [4.78, 5) is 20.2. The van der Waals surface area contributed by atoms with Crippen LogP contribution in [0.3, 0.4) is 0 Å². The molecule has 0 aliphatic heterocycles. The summed E-state index contributed by atoms with van der Waals surface area (Å²) >= 11 is 1.69. The molecule has 4 nitrogen and oxygen atoms in total. The van der Waals surface area contributed by atoms with E-state index in [1.807, 2.05) is 48.5 Å². The van der Waals surface area contributed by atoms with E-state index in [0.717, 1.165) is 93.3 Å². The van der Waals surface area contributed by atoms with E-state index in [4.69, 9.17) is 12.8 Å². The van der Waals surface area contributed by atoms with Crippen molar-refractivity contribution in [3.8, 4) is 71.1 Å². The topological polar surface area (TPSA) is 51.6 Å². The van der Waals surface area contributed by atoms with Crippen LogP contribution in [0.5, 0.6) is 0 Å². The van der Waals surface area contributed by atoms with Gasteiger partial charge in [0.1, 0.15) is 0 Å². The summed E-state index contributed by atoms with van der Waals surface area (Å²) in [7, 11) is 0. The predicted molar refractivity (Wildman–Crippen MR) is 184 cm³/mol. The number of nitrogens with zero attached hydrogens (tertiary/aromatic N) is 4. The zero-order valence-electron chi connectivity index (χ0n) is 25.5. The van der Waals surface area contributed by atoms with E-state index >= 15 is 0 Å². The molecule has 5 heterocycles. The van der Waals surface area contributed by atoms with Crippen molar-refractivity contribution in [3.05, 3.63) is 116 Å². The average molecular weight is 601 g/mol. The highest BCUT2D eigenvalue weighted by molar-refractivity contribution is 7.13. The second kappa shape index (κ2) is 15.3. The van der Waals surface area contributed by atoms with E-state index in [2.05, 4.69) is 69.3 Å². The molecule has 0 radical (unpaired) electrons. The second-order valence-corrected chi connectivity index (χ2v) is 11.5. The summed E-state index contributed by atoms with van der Waals surface area (Å²) in [5.74, 6) is 18.8. The lowest BCUT2D eigenvalue weighted by atomic mass is 9.98. The molecule has 5 rings (SSSR count). The van der Waals surface area contributed by atoms with Gasteiger partial charge in [-0.1, -0.05) is 62.2 Å². The molecule has 0 fully saturated rings. The van der Waals surface area contributed by atoms with Gasteiger partial charge in [0.05, 0.1) is 32.5 Å². The van der Waals surface area contributed by atoms with E-state index in [1.54, 1.807) is 36.1 Å². The first kappa shape index (κ1) is 31.0. The lowest BCUT2D eigenvalue weighted by molar-refractivity contribution is 0.760. The molecule has 218 valence electrons. The maximum atomic E-state index is 5.45. The van der Waals surface area contributed by atoms with Gasteiger partial charge in [0, 0.05) is 47.0 Å². The Morgan fingerprint density at radius 1 is 0.511 bits per heavy atom. The van der Waals surface area contributed by atoms with Crippen LogP contribution in [0.25, 0.3) is 22.8 Å². The second-order valence-electron chi connectivity index (χ2n) is 10.4. The van der Waals surface area contributed by atoms with Crippen molar-refractivity contribution >= 4 is 11.3 Å². The van der Waals surface area contributed by atoms with Crippen LogP contribution in [0.4, 0.5) is 0 Å². The molecule has 0 aromatic carbocycles. The molecule has 45 heavy (non-hydrogen) atoms. The van der Waals surface area contributed by atoms with Gasteiger partial charge in [0.15, 0.2) is 0 Å². The summed E-state index contributed by atoms with van der Waals surface area (Å²) in [5, 5.41) is 0. The van der Waals surface area contributed by atoms with Crippen molar-refractivity contribution in [2.75, 3.05) is 0 Å². The summed E-state index contributed by atoms with van der Waals surface area (Å²) in [6.45, 7) is 4.45.